The predicted molar refractivity (Wildman–Crippen MR) is 67.3 cm³/mol. The van der Waals surface area contributed by atoms with E-state index < -0.39 is 0 Å². The Morgan fingerprint density at radius 3 is 2.50 bits per heavy atom. The van der Waals surface area contributed by atoms with Crippen LogP contribution in [-0.2, 0) is 4.79 Å². The van der Waals surface area contributed by atoms with Gasteiger partial charge < -0.3 is 10.6 Å². The topological polar surface area (TPSA) is 41.1 Å². The molecule has 94 valence electrons. The van der Waals surface area contributed by atoms with E-state index in [0.717, 1.165) is 13.0 Å². The standard InChI is InChI=1S/C13H26N2O/c1-10(13(2,3)4)14-9-5-6-12(16)15-11-7-8-11/h10-11,14H,5-9H2,1-4H3,(H,15,16). The summed E-state index contributed by atoms with van der Waals surface area (Å²) in [4.78, 5) is 11.4. The van der Waals surface area contributed by atoms with Crippen molar-refractivity contribution < 1.29 is 4.79 Å². The fourth-order valence-electron chi connectivity index (χ4n) is 1.40. The second-order valence-electron chi connectivity index (χ2n) is 5.99. The van der Waals surface area contributed by atoms with Crippen LogP contribution in [0.25, 0.3) is 0 Å². The highest BCUT2D eigenvalue weighted by Crippen LogP contribution is 2.19. The molecule has 1 aliphatic carbocycles. The van der Waals surface area contributed by atoms with Crippen LogP contribution in [0.15, 0.2) is 0 Å². The van der Waals surface area contributed by atoms with E-state index in [1.165, 1.54) is 12.8 Å². The highest BCUT2D eigenvalue weighted by atomic mass is 16.1. The lowest BCUT2D eigenvalue weighted by molar-refractivity contribution is -0.121. The molecule has 3 heteroatoms. The first kappa shape index (κ1) is 13.5. The van der Waals surface area contributed by atoms with Crippen molar-refractivity contribution in [3.05, 3.63) is 0 Å². The summed E-state index contributed by atoms with van der Waals surface area (Å²) in [7, 11) is 0. The highest BCUT2D eigenvalue weighted by Gasteiger charge is 2.23. The van der Waals surface area contributed by atoms with Gasteiger partial charge in [-0.2, -0.15) is 0 Å². The zero-order valence-electron chi connectivity index (χ0n) is 11.1. The van der Waals surface area contributed by atoms with Crippen LogP contribution in [0.2, 0.25) is 0 Å². The van der Waals surface area contributed by atoms with Crippen LogP contribution in [0.1, 0.15) is 53.4 Å². The van der Waals surface area contributed by atoms with Crippen molar-refractivity contribution in [2.45, 2.75) is 65.5 Å². The molecule has 0 heterocycles. The summed E-state index contributed by atoms with van der Waals surface area (Å²) in [6, 6.07) is 0.980. The lowest BCUT2D eigenvalue weighted by atomic mass is 9.88. The molecule has 1 atom stereocenters. The van der Waals surface area contributed by atoms with E-state index in [2.05, 4.69) is 38.3 Å². The molecule has 0 aromatic rings. The number of carbonyl (C=O) groups excluding carboxylic acids is 1. The number of hydrogen-bond donors (Lipinski definition) is 2. The molecule has 2 N–H and O–H groups in total. The van der Waals surface area contributed by atoms with Crippen LogP contribution in [0.3, 0.4) is 0 Å². The molecule has 0 radical (unpaired) electrons. The van der Waals surface area contributed by atoms with Gasteiger partial charge in [0, 0.05) is 18.5 Å². The van der Waals surface area contributed by atoms with Crippen LogP contribution in [-0.4, -0.2) is 24.5 Å². The van der Waals surface area contributed by atoms with Crippen molar-refractivity contribution in [1.29, 1.82) is 0 Å². The molecule has 1 unspecified atom stereocenters. The van der Waals surface area contributed by atoms with Crippen LogP contribution < -0.4 is 10.6 Å². The first-order chi connectivity index (χ1) is 7.39. The largest absolute Gasteiger partial charge is 0.353 e. The van der Waals surface area contributed by atoms with E-state index in [0.29, 0.717) is 18.5 Å². The van der Waals surface area contributed by atoms with E-state index in [1.807, 2.05) is 0 Å². The van der Waals surface area contributed by atoms with Crippen molar-refractivity contribution >= 4 is 5.91 Å². The third-order valence-corrected chi connectivity index (χ3v) is 3.27. The Morgan fingerprint density at radius 2 is 2.00 bits per heavy atom. The summed E-state index contributed by atoms with van der Waals surface area (Å²) in [6.45, 7) is 9.81. The summed E-state index contributed by atoms with van der Waals surface area (Å²) in [5.74, 6) is 0.215. The monoisotopic (exact) mass is 226 g/mol. The van der Waals surface area contributed by atoms with E-state index in [1.54, 1.807) is 0 Å². The molecule has 0 aliphatic heterocycles. The molecule has 1 aliphatic rings. The lowest BCUT2D eigenvalue weighted by Crippen LogP contribution is -2.38. The average Bonchev–Trinajstić information content (AvgIpc) is 2.94. The molecule has 0 saturated heterocycles. The summed E-state index contributed by atoms with van der Waals surface area (Å²) in [6.07, 6.45) is 3.93. The lowest BCUT2D eigenvalue weighted by Gasteiger charge is -2.28. The number of amides is 1. The zero-order valence-corrected chi connectivity index (χ0v) is 11.1. The molecule has 1 saturated carbocycles. The molecular weight excluding hydrogens is 200 g/mol. The first-order valence-corrected chi connectivity index (χ1v) is 6.42. The maximum Gasteiger partial charge on any atom is 0.220 e. The van der Waals surface area contributed by atoms with E-state index in [9.17, 15) is 4.79 Å². The van der Waals surface area contributed by atoms with Crippen molar-refractivity contribution in [2.24, 2.45) is 5.41 Å². The van der Waals surface area contributed by atoms with Gasteiger partial charge in [0.1, 0.15) is 0 Å². The van der Waals surface area contributed by atoms with Crippen LogP contribution >= 0.6 is 0 Å². The number of rotatable bonds is 6. The Hall–Kier alpha value is -0.570. The Balaban J connectivity index is 2.00. The Labute approximate surface area is 99.4 Å². The summed E-state index contributed by atoms with van der Waals surface area (Å²) in [5, 5.41) is 6.47. The fourth-order valence-corrected chi connectivity index (χ4v) is 1.40. The normalized spacial score (nSPS) is 18.2. The molecule has 1 rings (SSSR count). The number of hydrogen-bond acceptors (Lipinski definition) is 2. The zero-order chi connectivity index (χ0) is 12.2. The second-order valence-corrected chi connectivity index (χ2v) is 5.99. The van der Waals surface area contributed by atoms with Gasteiger partial charge in [-0.15, -0.1) is 0 Å². The Kier molecular flexibility index (Phi) is 4.78. The smallest absolute Gasteiger partial charge is 0.220 e. The minimum Gasteiger partial charge on any atom is -0.353 e. The molecule has 0 spiro atoms. The van der Waals surface area contributed by atoms with Crippen LogP contribution in [0.4, 0.5) is 0 Å². The third kappa shape index (κ3) is 5.50. The molecule has 1 amide bonds. The van der Waals surface area contributed by atoms with Gasteiger partial charge in [-0.05, 0) is 38.1 Å². The predicted octanol–water partition coefficient (Wildman–Crippen LogP) is 2.07. The van der Waals surface area contributed by atoms with Crippen molar-refractivity contribution in [1.82, 2.24) is 10.6 Å². The maximum atomic E-state index is 11.4. The third-order valence-electron chi connectivity index (χ3n) is 3.27. The van der Waals surface area contributed by atoms with Gasteiger partial charge >= 0.3 is 0 Å². The molecule has 16 heavy (non-hydrogen) atoms. The quantitative estimate of drug-likeness (QED) is 0.681. The van der Waals surface area contributed by atoms with Gasteiger partial charge in [0.2, 0.25) is 5.91 Å². The van der Waals surface area contributed by atoms with E-state index >= 15 is 0 Å². The van der Waals surface area contributed by atoms with Gasteiger partial charge in [0.15, 0.2) is 0 Å². The second kappa shape index (κ2) is 5.67. The van der Waals surface area contributed by atoms with E-state index in [4.69, 9.17) is 0 Å². The minimum atomic E-state index is 0.215. The maximum absolute atomic E-state index is 11.4. The number of carbonyl (C=O) groups is 1. The van der Waals surface area contributed by atoms with Crippen molar-refractivity contribution in [2.75, 3.05) is 6.54 Å². The number of nitrogens with one attached hydrogen (secondary N) is 2. The van der Waals surface area contributed by atoms with Gasteiger partial charge in [-0.1, -0.05) is 20.8 Å². The van der Waals surface area contributed by atoms with E-state index in [-0.39, 0.29) is 11.3 Å². The van der Waals surface area contributed by atoms with Crippen LogP contribution in [0.5, 0.6) is 0 Å². The van der Waals surface area contributed by atoms with Crippen molar-refractivity contribution in [3.8, 4) is 0 Å². The van der Waals surface area contributed by atoms with Crippen LogP contribution in [0, 0.1) is 5.41 Å². The Morgan fingerprint density at radius 1 is 1.38 bits per heavy atom. The van der Waals surface area contributed by atoms with Gasteiger partial charge in [-0.3, -0.25) is 4.79 Å². The fraction of sp³-hybridized carbons (Fsp3) is 0.923. The summed E-state index contributed by atoms with van der Waals surface area (Å²) >= 11 is 0. The van der Waals surface area contributed by atoms with Gasteiger partial charge in [0.05, 0.1) is 0 Å². The minimum absolute atomic E-state index is 0.215. The van der Waals surface area contributed by atoms with Crippen molar-refractivity contribution in [3.63, 3.8) is 0 Å². The molecule has 0 aromatic heterocycles. The first-order valence-electron chi connectivity index (χ1n) is 6.42. The molecule has 3 nitrogen and oxygen atoms in total. The van der Waals surface area contributed by atoms with Gasteiger partial charge in [-0.25, -0.2) is 0 Å². The average molecular weight is 226 g/mol. The SMILES string of the molecule is CC(NCCCC(=O)NC1CC1)C(C)(C)C. The molecule has 1 fully saturated rings. The van der Waals surface area contributed by atoms with Gasteiger partial charge in [0.25, 0.3) is 0 Å². The summed E-state index contributed by atoms with van der Waals surface area (Å²) in [5.41, 5.74) is 0.288. The molecule has 0 bridgehead atoms. The summed E-state index contributed by atoms with van der Waals surface area (Å²) < 4.78 is 0. The molecular formula is C13H26N2O. The molecule has 0 aromatic carbocycles. The Bertz CT molecular complexity index is 229. The highest BCUT2D eigenvalue weighted by molar-refractivity contribution is 5.76.